The Bertz CT molecular complexity index is 1100. The van der Waals surface area contributed by atoms with Gasteiger partial charge in [0.15, 0.2) is 11.5 Å². The van der Waals surface area contributed by atoms with Crippen molar-refractivity contribution in [1.82, 2.24) is 14.8 Å². The van der Waals surface area contributed by atoms with Crippen molar-refractivity contribution in [2.75, 3.05) is 5.32 Å². The maximum atomic E-state index is 12.5. The van der Waals surface area contributed by atoms with Crippen LogP contribution in [0.5, 0.6) is 0 Å². The zero-order valence-corrected chi connectivity index (χ0v) is 14.7. The maximum absolute atomic E-state index is 12.5. The molecule has 1 N–H and O–H groups in total. The van der Waals surface area contributed by atoms with E-state index in [9.17, 15) is 4.79 Å². The summed E-state index contributed by atoms with van der Waals surface area (Å²) in [4.78, 5) is 16.7. The van der Waals surface area contributed by atoms with E-state index in [1.54, 1.807) is 29.9 Å². The zero-order chi connectivity index (χ0) is 18.1. The number of aromatic nitrogens is 3. The lowest BCUT2D eigenvalue weighted by atomic mass is 10.2. The van der Waals surface area contributed by atoms with Gasteiger partial charge in [-0.15, -0.1) is 0 Å². The van der Waals surface area contributed by atoms with Crippen molar-refractivity contribution in [2.24, 2.45) is 0 Å². The van der Waals surface area contributed by atoms with Crippen molar-refractivity contribution in [2.45, 2.75) is 13.5 Å². The SMILES string of the molecule is Cc1nc2ccc(NC(=O)c3cnn(Cc4ccccc4Cl)c3)cc2o1. The van der Waals surface area contributed by atoms with Crippen LogP contribution in [-0.4, -0.2) is 20.7 Å². The van der Waals surface area contributed by atoms with E-state index >= 15 is 0 Å². The molecule has 0 saturated carbocycles. The van der Waals surface area contributed by atoms with Crippen LogP contribution >= 0.6 is 11.6 Å². The highest BCUT2D eigenvalue weighted by atomic mass is 35.5. The standard InChI is InChI=1S/C19H15ClN4O2/c1-12-22-17-7-6-15(8-18(17)26-12)23-19(25)14-9-21-24(11-14)10-13-4-2-3-5-16(13)20/h2-9,11H,10H2,1H3,(H,23,25). The maximum Gasteiger partial charge on any atom is 0.258 e. The molecule has 26 heavy (non-hydrogen) atoms. The minimum Gasteiger partial charge on any atom is -0.441 e. The summed E-state index contributed by atoms with van der Waals surface area (Å²) in [6.45, 7) is 2.28. The summed E-state index contributed by atoms with van der Waals surface area (Å²) in [5, 5.41) is 7.75. The highest BCUT2D eigenvalue weighted by molar-refractivity contribution is 6.31. The Hall–Kier alpha value is -3.12. The second kappa shape index (κ2) is 6.65. The molecule has 7 heteroatoms. The van der Waals surface area contributed by atoms with E-state index < -0.39 is 0 Å². The van der Waals surface area contributed by atoms with Crippen molar-refractivity contribution < 1.29 is 9.21 Å². The molecular formula is C19H15ClN4O2. The Morgan fingerprint density at radius 2 is 2.12 bits per heavy atom. The Morgan fingerprint density at radius 3 is 2.96 bits per heavy atom. The molecule has 0 aliphatic carbocycles. The molecule has 4 rings (SSSR count). The monoisotopic (exact) mass is 366 g/mol. The van der Waals surface area contributed by atoms with Crippen LogP contribution in [-0.2, 0) is 6.54 Å². The predicted octanol–water partition coefficient (Wildman–Crippen LogP) is 4.29. The first-order valence-electron chi connectivity index (χ1n) is 8.03. The van der Waals surface area contributed by atoms with Gasteiger partial charge in [-0.3, -0.25) is 9.48 Å². The quantitative estimate of drug-likeness (QED) is 0.584. The van der Waals surface area contributed by atoms with Crippen molar-refractivity contribution in [3.8, 4) is 0 Å². The number of nitrogens with one attached hydrogen (secondary N) is 1. The van der Waals surface area contributed by atoms with Crippen LogP contribution in [0.2, 0.25) is 5.02 Å². The number of nitrogens with zero attached hydrogens (tertiary/aromatic N) is 3. The molecule has 0 spiro atoms. The molecule has 1 amide bonds. The average molecular weight is 367 g/mol. The number of rotatable bonds is 4. The summed E-state index contributed by atoms with van der Waals surface area (Å²) >= 11 is 6.17. The normalized spacial score (nSPS) is 11.0. The number of halogens is 1. The summed E-state index contributed by atoms with van der Waals surface area (Å²) in [7, 11) is 0. The number of fused-ring (bicyclic) bond motifs is 1. The number of carbonyl (C=O) groups is 1. The van der Waals surface area contributed by atoms with Gasteiger partial charge in [0.2, 0.25) is 0 Å². The average Bonchev–Trinajstić information content (AvgIpc) is 3.22. The van der Waals surface area contributed by atoms with Gasteiger partial charge in [0, 0.05) is 29.9 Å². The summed E-state index contributed by atoms with van der Waals surface area (Å²) in [6, 6.07) is 12.9. The fraction of sp³-hybridized carbons (Fsp3) is 0.105. The van der Waals surface area contributed by atoms with Crippen molar-refractivity contribution in [3.63, 3.8) is 0 Å². The van der Waals surface area contributed by atoms with Crippen LogP contribution in [0.3, 0.4) is 0 Å². The number of anilines is 1. The third kappa shape index (κ3) is 3.32. The number of benzene rings is 2. The molecule has 4 aromatic rings. The molecule has 2 aromatic heterocycles. The highest BCUT2D eigenvalue weighted by Crippen LogP contribution is 2.20. The van der Waals surface area contributed by atoms with Crippen molar-refractivity contribution >= 4 is 34.3 Å². The Morgan fingerprint density at radius 1 is 1.27 bits per heavy atom. The number of hydrogen-bond donors (Lipinski definition) is 1. The number of carbonyl (C=O) groups excluding carboxylic acids is 1. The molecule has 0 radical (unpaired) electrons. The van der Waals surface area contributed by atoms with Gasteiger partial charge in [-0.1, -0.05) is 29.8 Å². The predicted molar refractivity (Wildman–Crippen MR) is 99.5 cm³/mol. The fourth-order valence-electron chi connectivity index (χ4n) is 2.69. The van der Waals surface area contributed by atoms with Crippen molar-refractivity contribution in [3.05, 3.63) is 76.9 Å². The van der Waals surface area contributed by atoms with Gasteiger partial charge in [-0.25, -0.2) is 4.98 Å². The van der Waals surface area contributed by atoms with Crippen LogP contribution < -0.4 is 5.32 Å². The highest BCUT2D eigenvalue weighted by Gasteiger charge is 2.11. The molecular weight excluding hydrogens is 352 g/mol. The minimum absolute atomic E-state index is 0.244. The molecule has 0 aliphatic rings. The molecule has 0 fully saturated rings. The summed E-state index contributed by atoms with van der Waals surface area (Å²) < 4.78 is 7.17. The van der Waals surface area contributed by atoms with Crippen molar-refractivity contribution in [1.29, 1.82) is 0 Å². The van der Waals surface area contributed by atoms with Gasteiger partial charge in [-0.2, -0.15) is 5.10 Å². The van der Waals surface area contributed by atoms with Crippen LogP contribution in [0.15, 0.2) is 59.3 Å². The van der Waals surface area contributed by atoms with E-state index in [1.807, 2.05) is 30.3 Å². The van der Waals surface area contributed by atoms with Gasteiger partial charge in [-0.05, 0) is 23.8 Å². The second-order valence-electron chi connectivity index (χ2n) is 5.89. The van der Waals surface area contributed by atoms with Crippen LogP contribution in [0.25, 0.3) is 11.1 Å². The number of aryl methyl sites for hydroxylation is 1. The fourth-order valence-corrected chi connectivity index (χ4v) is 2.88. The number of oxazole rings is 1. The zero-order valence-electron chi connectivity index (χ0n) is 13.9. The first-order valence-corrected chi connectivity index (χ1v) is 8.41. The lowest BCUT2D eigenvalue weighted by Gasteiger charge is -2.04. The smallest absolute Gasteiger partial charge is 0.258 e. The van der Waals surface area contributed by atoms with Gasteiger partial charge < -0.3 is 9.73 Å². The second-order valence-corrected chi connectivity index (χ2v) is 6.29. The Kier molecular flexibility index (Phi) is 4.18. The van der Waals surface area contributed by atoms with E-state index in [-0.39, 0.29) is 5.91 Å². The number of hydrogen-bond acceptors (Lipinski definition) is 4. The first kappa shape index (κ1) is 16.4. The van der Waals surface area contributed by atoms with E-state index in [4.69, 9.17) is 16.0 Å². The summed E-state index contributed by atoms with van der Waals surface area (Å²) in [5.41, 5.74) is 3.43. The lowest BCUT2D eigenvalue weighted by Crippen LogP contribution is -2.11. The van der Waals surface area contributed by atoms with Gasteiger partial charge in [0.25, 0.3) is 5.91 Å². The minimum atomic E-state index is -0.244. The Labute approximate surface area is 154 Å². The van der Waals surface area contributed by atoms with E-state index in [2.05, 4.69) is 15.4 Å². The molecule has 6 nitrogen and oxygen atoms in total. The molecule has 2 heterocycles. The molecule has 0 saturated heterocycles. The Balaban J connectivity index is 1.49. The summed E-state index contributed by atoms with van der Waals surface area (Å²) in [5.74, 6) is 0.343. The van der Waals surface area contributed by atoms with Gasteiger partial charge in [0.05, 0.1) is 18.3 Å². The van der Waals surface area contributed by atoms with Gasteiger partial charge in [0.1, 0.15) is 5.52 Å². The summed E-state index contributed by atoms with van der Waals surface area (Å²) in [6.07, 6.45) is 3.22. The van der Waals surface area contributed by atoms with Gasteiger partial charge >= 0.3 is 0 Å². The lowest BCUT2D eigenvalue weighted by molar-refractivity contribution is 0.102. The third-order valence-corrected chi connectivity index (χ3v) is 4.31. The topological polar surface area (TPSA) is 73.0 Å². The van der Waals surface area contributed by atoms with E-state index in [0.717, 1.165) is 11.1 Å². The third-order valence-electron chi connectivity index (χ3n) is 3.94. The largest absolute Gasteiger partial charge is 0.441 e. The molecule has 0 bridgehead atoms. The molecule has 0 atom stereocenters. The van der Waals surface area contributed by atoms with Crippen LogP contribution in [0.1, 0.15) is 21.8 Å². The molecule has 130 valence electrons. The molecule has 0 unspecified atom stereocenters. The van der Waals surface area contributed by atoms with E-state index in [1.165, 1.54) is 6.20 Å². The van der Waals surface area contributed by atoms with E-state index in [0.29, 0.717) is 34.3 Å². The molecule has 2 aromatic carbocycles. The van der Waals surface area contributed by atoms with Crippen LogP contribution in [0.4, 0.5) is 5.69 Å². The van der Waals surface area contributed by atoms with Crippen LogP contribution in [0, 0.1) is 6.92 Å². The molecule has 0 aliphatic heterocycles. The first-order chi connectivity index (χ1) is 12.6. The number of amides is 1.